The van der Waals surface area contributed by atoms with Gasteiger partial charge in [0.2, 0.25) is 0 Å². The molecule has 0 saturated carbocycles. The first kappa shape index (κ1) is 13.9. The van der Waals surface area contributed by atoms with Crippen molar-refractivity contribution in [3.8, 4) is 0 Å². The average molecular weight is 291 g/mol. The molecule has 2 amide bonds. The fourth-order valence-corrected chi connectivity index (χ4v) is 2.39. The summed E-state index contributed by atoms with van der Waals surface area (Å²) in [7, 11) is 0. The van der Waals surface area contributed by atoms with Crippen LogP contribution < -0.4 is 16.4 Å². The third kappa shape index (κ3) is 3.72. The number of nitrogens with two attached hydrogens (primary N) is 1. The number of amides is 2. The van der Waals surface area contributed by atoms with Gasteiger partial charge in [0, 0.05) is 28.2 Å². The van der Waals surface area contributed by atoms with Crippen LogP contribution >= 0.6 is 11.3 Å². The van der Waals surface area contributed by atoms with Gasteiger partial charge in [0.15, 0.2) is 0 Å². The standard InChI is InChI=1S/C13H13N3O3S/c14-13(19)16-10-3-1-9(2-4-10)15-6-11-5-8(7-20-11)12(17)18/h1-5,7,15H,6H2,(H,17,18)(H3,14,16,19). The van der Waals surface area contributed by atoms with Gasteiger partial charge in [-0.3, -0.25) is 0 Å². The summed E-state index contributed by atoms with van der Waals surface area (Å²) in [6.45, 7) is 0.542. The van der Waals surface area contributed by atoms with E-state index in [2.05, 4.69) is 10.6 Å². The molecule has 2 aromatic rings. The number of carboxylic acid groups (broad SMARTS) is 1. The molecule has 6 nitrogen and oxygen atoms in total. The minimum Gasteiger partial charge on any atom is -0.478 e. The Labute approximate surface area is 119 Å². The van der Waals surface area contributed by atoms with Crippen LogP contribution in [0.3, 0.4) is 0 Å². The molecule has 0 aliphatic heterocycles. The predicted octanol–water partition coefficient (Wildman–Crippen LogP) is 2.55. The van der Waals surface area contributed by atoms with Gasteiger partial charge in [-0.15, -0.1) is 11.3 Å². The van der Waals surface area contributed by atoms with Gasteiger partial charge >= 0.3 is 12.0 Å². The van der Waals surface area contributed by atoms with Crippen molar-refractivity contribution < 1.29 is 14.7 Å². The van der Waals surface area contributed by atoms with Crippen LogP contribution in [0.15, 0.2) is 35.7 Å². The summed E-state index contributed by atoms with van der Waals surface area (Å²) in [6.07, 6.45) is 0. The molecule has 5 N–H and O–H groups in total. The number of urea groups is 1. The molecule has 7 heteroatoms. The third-order valence-electron chi connectivity index (χ3n) is 2.52. The summed E-state index contributed by atoms with van der Waals surface area (Å²) in [5.74, 6) is -0.922. The van der Waals surface area contributed by atoms with Crippen molar-refractivity contribution in [1.82, 2.24) is 0 Å². The second-order valence-corrected chi connectivity index (χ2v) is 5.02. The van der Waals surface area contributed by atoms with Crippen LogP contribution in [0.1, 0.15) is 15.2 Å². The first-order chi connectivity index (χ1) is 9.54. The van der Waals surface area contributed by atoms with Crippen LogP contribution in [-0.2, 0) is 6.54 Å². The second-order valence-electron chi connectivity index (χ2n) is 4.03. The lowest BCUT2D eigenvalue weighted by molar-refractivity contribution is 0.0697. The molecular weight excluding hydrogens is 278 g/mol. The maximum absolute atomic E-state index is 10.8. The Hall–Kier alpha value is -2.54. The van der Waals surface area contributed by atoms with Gasteiger partial charge in [0.25, 0.3) is 0 Å². The number of benzene rings is 1. The van der Waals surface area contributed by atoms with Gasteiger partial charge in [-0.05, 0) is 30.3 Å². The van der Waals surface area contributed by atoms with E-state index in [0.29, 0.717) is 17.8 Å². The fourth-order valence-electron chi connectivity index (χ4n) is 1.59. The van der Waals surface area contributed by atoms with Crippen molar-refractivity contribution in [3.05, 3.63) is 46.2 Å². The highest BCUT2D eigenvalue weighted by atomic mass is 32.1. The molecule has 0 aliphatic carbocycles. The van der Waals surface area contributed by atoms with Crippen molar-refractivity contribution in [2.24, 2.45) is 5.73 Å². The first-order valence-corrected chi connectivity index (χ1v) is 6.63. The number of aromatic carboxylic acids is 1. The Kier molecular flexibility index (Phi) is 4.21. The maximum Gasteiger partial charge on any atom is 0.336 e. The van der Waals surface area contributed by atoms with E-state index >= 15 is 0 Å². The van der Waals surface area contributed by atoms with E-state index in [-0.39, 0.29) is 0 Å². The van der Waals surface area contributed by atoms with Crippen molar-refractivity contribution >= 4 is 34.7 Å². The predicted molar refractivity (Wildman–Crippen MR) is 78.3 cm³/mol. The molecule has 0 aliphatic rings. The molecule has 0 spiro atoms. The highest BCUT2D eigenvalue weighted by Gasteiger charge is 2.06. The number of carbonyl (C=O) groups excluding carboxylic acids is 1. The number of primary amides is 1. The van der Waals surface area contributed by atoms with Gasteiger partial charge < -0.3 is 21.5 Å². The molecule has 0 bridgehead atoms. The van der Waals surface area contributed by atoms with Gasteiger partial charge in [-0.1, -0.05) is 0 Å². The van der Waals surface area contributed by atoms with Gasteiger partial charge in [-0.2, -0.15) is 0 Å². The van der Waals surface area contributed by atoms with Crippen LogP contribution in [0.4, 0.5) is 16.2 Å². The molecule has 20 heavy (non-hydrogen) atoms. The molecule has 1 heterocycles. The topological polar surface area (TPSA) is 104 Å². The summed E-state index contributed by atoms with van der Waals surface area (Å²) in [6, 6.07) is 8.09. The van der Waals surface area contributed by atoms with Gasteiger partial charge in [0.05, 0.1) is 5.56 Å². The normalized spacial score (nSPS) is 10.0. The van der Waals surface area contributed by atoms with Crippen LogP contribution in [-0.4, -0.2) is 17.1 Å². The SMILES string of the molecule is NC(=O)Nc1ccc(NCc2cc(C(=O)O)cs2)cc1. The quantitative estimate of drug-likeness (QED) is 0.679. The molecule has 0 atom stereocenters. The number of carboxylic acids is 1. The summed E-state index contributed by atoms with van der Waals surface area (Å²) in [5.41, 5.74) is 6.79. The lowest BCUT2D eigenvalue weighted by atomic mass is 10.2. The number of rotatable bonds is 5. The Balaban J connectivity index is 1.93. The van der Waals surface area contributed by atoms with Crippen molar-refractivity contribution in [2.45, 2.75) is 6.54 Å². The molecule has 0 radical (unpaired) electrons. The number of thiophene rings is 1. The highest BCUT2D eigenvalue weighted by molar-refractivity contribution is 7.10. The molecular formula is C13H13N3O3S. The molecule has 0 unspecified atom stereocenters. The fraction of sp³-hybridized carbons (Fsp3) is 0.0769. The van der Waals surface area contributed by atoms with Gasteiger partial charge in [0.1, 0.15) is 0 Å². The Morgan fingerprint density at radius 3 is 2.40 bits per heavy atom. The van der Waals surface area contributed by atoms with E-state index in [1.807, 2.05) is 0 Å². The summed E-state index contributed by atoms with van der Waals surface area (Å²) in [5, 5.41) is 16.1. The van der Waals surface area contributed by atoms with E-state index in [9.17, 15) is 9.59 Å². The van der Waals surface area contributed by atoms with E-state index in [4.69, 9.17) is 10.8 Å². The van der Waals surface area contributed by atoms with Crippen LogP contribution in [0.5, 0.6) is 0 Å². The summed E-state index contributed by atoms with van der Waals surface area (Å²) >= 11 is 1.39. The maximum atomic E-state index is 10.8. The Bertz CT molecular complexity index is 622. The zero-order chi connectivity index (χ0) is 14.5. The lowest BCUT2D eigenvalue weighted by Crippen LogP contribution is -2.19. The molecule has 0 fully saturated rings. The minimum atomic E-state index is -0.922. The number of hydrogen-bond acceptors (Lipinski definition) is 4. The monoisotopic (exact) mass is 291 g/mol. The van der Waals surface area contributed by atoms with Crippen molar-refractivity contribution in [2.75, 3.05) is 10.6 Å². The molecule has 0 saturated heterocycles. The number of anilines is 2. The van der Waals surface area contributed by atoms with E-state index in [1.54, 1.807) is 35.7 Å². The molecule has 1 aromatic heterocycles. The lowest BCUT2D eigenvalue weighted by Gasteiger charge is -2.06. The largest absolute Gasteiger partial charge is 0.478 e. The zero-order valence-corrected chi connectivity index (χ0v) is 11.2. The van der Waals surface area contributed by atoms with E-state index < -0.39 is 12.0 Å². The minimum absolute atomic E-state index is 0.299. The van der Waals surface area contributed by atoms with Crippen LogP contribution in [0, 0.1) is 0 Å². The van der Waals surface area contributed by atoms with Crippen molar-refractivity contribution in [3.63, 3.8) is 0 Å². The molecule has 1 aromatic carbocycles. The average Bonchev–Trinajstić information content (AvgIpc) is 2.86. The van der Waals surface area contributed by atoms with Gasteiger partial charge in [-0.25, -0.2) is 9.59 Å². The summed E-state index contributed by atoms with van der Waals surface area (Å²) < 4.78 is 0. The third-order valence-corrected chi connectivity index (χ3v) is 3.46. The van der Waals surface area contributed by atoms with E-state index in [0.717, 1.165) is 10.6 Å². The molecule has 104 valence electrons. The van der Waals surface area contributed by atoms with Crippen molar-refractivity contribution in [1.29, 1.82) is 0 Å². The highest BCUT2D eigenvalue weighted by Crippen LogP contribution is 2.18. The van der Waals surface area contributed by atoms with E-state index in [1.165, 1.54) is 11.3 Å². The first-order valence-electron chi connectivity index (χ1n) is 5.75. The Morgan fingerprint density at radius 1 is 1.20 bits per heavy atom. The zero-order valence-electron chi connectivity index (χ0n) is 10.4. The number of nitrogens with one attached hydrogen (secondary N) is 2. The summed E-state index contributed by atoms with van der Waals surface area (Å²) in [4.78, 5) is 22.4. The Morgan fingerprint density at radius 2 is 1.85 bits per heavy atom. The smallest absolute Gasteiger partial charge is 0.336 e. The molecule has 2 rings (SSSR count). The number of hydrogen-bond donors (Lipinski definition) is 4. The van der Waals surface area contributed by atoms with Crippen LogP contribution in [0.2, 0.25) is 0 Å². The number of carbonyl (C=O) groups is 2. The second kappa shape index (κ2) is 6.07. The van der Waals surface area contributed by atoms with Crippen LogP contribution in [0.25, 0.3) is 0 Å².